The molecular weight excluding hydrogens is 395 g/mol. The van der Waals surface area contributed by atoms with Gasteiger partial charge in [0.2, 0.25) is 5.91 Å². The number of hydrogen-bond donors (Lipinski definition) is 4. The van der Waals surface area contributed by atoms with E-state index in [4.69, 9.17) is 0 Å². The van der Waals surface area contributed by atoms with Gasteiger partial charge >= 0.3 is 0 Å². The molecule has 3 fully saturated rings. The highest BCUT2D eigenvalue weighted by Crippen LogP contribution is 2.31. The molecular formula is C21H36F3N5O. The molecule has 0 bridgehead atoms. The van der Waals surface area contributed by atoms with Crippen LogP contribution in [0.15, 0.2) is 4.99 Å². The molecule has 1 amide bonds. The van der Waals surface area contributed by atoms with Gasteiger partial charge in [0.25, 0.3) is 0 Å². The van der Waals surface area contributed by atoms with Gasteiger partial charge in [-0.1, -0.05) is 0 Å². The van der Waals surface area contributed by atoms with Gasteiger partial charge in [0.15, 0.2) is 5.96 Å². The number of aliphatic imine (C=N–C) groups is 1. The summed E-state index contributed by atoms with van der Waals surface area (Å²) < 4.78 is 40.5. The highest BCUT2D eigenvalue weighted by Gasteiger charge is 2.36. The van der Waals surface area contributed by atoms with E-state index >= 15 is 0 Å². The average molecular weight is 432 g/mol. The van der Waals surface area contributed by atoms with Crippen LogP contribution in [0, 0.1) is 11.8 Å². The topological polar surface area (TPSA) is 77.6 Å². The van der Waals surface area contributed by atoms with Crippen molar-refractivity contribution in [3.8, 4) is 0 Å². The minimum absolute atomic E-state index is 0.0648. The number of hydrogen-bond acceptors (Lipinski definition) is 4. The Hall–Kier alpha value is -1.35. The highest BCUT2D eigenvalue weighted by atomic mass is 19.2. The second-order valence-corrected chi connectivity index (χ2v) is 10.0. The van der Waals surface area contributed by atoms with Crippen molar-refractivity contribution in [2.75, 3.05) is 0 Å². The first-order chi connectivity index (χ1) is 14.1. The maximum atomic E-state index is 13.7. The lowest BCUT2D eigenvalue weighted by Gasteiger charge is -2.29. The predicted octanol–water partition coefficient (Wildman–Crippen LogP) is 3.04. The van der Waals surface area contributed by atoms with E-state index < -0.39 is 24.4 Å². The quantitative estimate of drug-likeness (QED) is 0.409. The normalized spacial score (nSPS) is 38.3. The van der Waals surface area contributed by atoms with Gasteiger partial charge < -0.3 is 5.32 Å². The maximum Gasteiger partial charge on any atom is 0.229 e. The Kier molecular flexibility index (Phi) is 7.66. The fourth-order valence-electron chi connectivity index (χ4n) is 4.58. The number of hydrazine groups is 1. The second-order valence-electron chi connectivity index (χ2n) is 10.0. The van der Waals surface area contributed by atoms with Gasteiger partial charge in [0.05, 0.1) is 0 Å². The van der Waals surface area contributed by atoms with Crippen molar-refractivity contribution in [2.45, 2.75) is 108 Å². The zero-order valence-electron chi connectivity index (χ0n) is 18.2. The number of carbonyl (C=O) groups excluding carboxylic acids is 1. The molecule has 30 heavy (non-hydrogen) atoms. The summed E-state index contributed by atoms with van der Waals surface area (Å²) in [4.78, 5) is 17.3. The van der Waals surface area contributed by atoms with Gasteiger partial charge in [-0.05, 0) is 71.6 Å². The van der Waals surface area contributed by atoms with Crippen molar-refractivity contribution in [3.05, 3.63) is 0 Å². The molecule has 2 saturated carbocycles. The first-order valence-corrected chi connectivity index (χ1v) is 11.2. The van der Waals surface area contributed by atoms with Crippen LogP contribution in [0.25, 0.3) is 0 Å². The molecule has 2 aliphatic carbocycles. The number of alkyl halides is 3. The van der Waals surface area contributed by atoms with Crippen molar-refractivity contribution in [1.29, 1.82) is 0 Å². The molecule has 5 atom stereocenters. The van der Waals surface area contributed by atoms with Crippen LogP contribution in [-0.4, -0.2) is 48.1 Å². The Bertz CT molecular complexity index is 618. The fraction of sp³-hybridized carbons (Fsp3) is 0.905. The van der Waals surface area contributed by atoms with E-state index in [9.17, 15) is 18.0 Å². The molecule has 1 heterocycles. The minimum atomic E-state index is -1.59. The van der Waals surface area contributed by atoms with E-state index in [2.05, 4.69) is 26.5 Å². The third-order valence-corrected chi connectivity index (χ3v) is 6.27. The van der Waals surface area contributed by atoms with Crippen LogP contribution in [-0.2, 0) is 4.79 Å². The third-order valence-electron chi connectivity index (χ3n) is 6.27. The van der Waals surface area contributed by atoms with Gasteiger partial charge in [-0.2, -0.15) is 0 Å². The Morgan fingerprint density at radius 3 is 2.27 bits per heavy atom. The number of nitrogens with one attached hydrogen (secondary N) is 4. The van der Waals surface area contributed by atoms with Crippen molar-refractivity contribution in [3.63, 3.8) is 0 Å². The molecule has 1 saturated heterocycles. The van der Waals surface area contributed by atoms with Gasteiger partial charge in [0, 0.05) is 23.9 Å². The Labute approximate surface area is 177 Å². The lowest BCUT2D eigenvalue weighted by Crippen LogP contribution is -2.52. The number of amides is 1. The summed E-state index contributed by atoms with van der Waals surface area (Å²) in [6.07, 6.45) is 0.00130. The molecule has 4 N–H and O–H groups in total. The van der Waals surface area contributed by atoms with E-state index in [-0.39, 0.29) is 36.5 Å². The lowest BCUT2D eigenvalue weighted by molar-refractivity contribution is -0.125. The number of halogens is 3. The summed E-state index contributed by atoms with van der Waals surface area (Å²) in [6, 6.07) is 0.213. The standard InChI is InChI=1S/C21H36F3N5O/c1-21(2,3)27-20(26-19(30)13-6-9-15(23)16(24)10-13)25-18-11-17(28-29-18)12-4-7-14(22)8-5-12/h12-18,28-29H,4-11H2,1-3H3,(H2,25,26,27,30). The predicted molar refractivity (Wildman–Crippen MR) is 111 cm³/mol. The van der Waals surface area contributed by atoms with E-state index in [0.29, 0.717) is 31.1 Å². The SMILES string of the molecule is CC(C)(C)N/C(=N\C1CC(C2CCC(F)CC2)NN1)NC(=O)C1CCC(F)C(F)C1. The van der Waals surface area contributed by atoms with Crippen molar-refractivity contribution >= 4 is 11.9 Å². The van der Waals surface area contributed by atoms with Crippen LogP contribution in [0.1, 0.15) is 72.1 Å². The van der Waals surface area contributed by atoms with Crippen LogP contribution < -0.4 is 21.5 Å². The first kappa shape index (κ1) is 23.3. The molecule has 9 heteroatoms. The van der Waals surface area contributed by atoms with Crippen molar-refractivity contribution < 1.29 is 18.0 Å². The van der Waals surface area contributed by atoms with Crippen LogP contribution >= 0.6 is 0 Å². The summed E-state index contributed by atoms with van der Waals surface area (Å²) in [5.74, 6) is -0.144. The van der Waals surface area contributed by atoms with E-state index in [1.165, 1.54) is 0 Å². The van der Waals surface area contributed by atoms with E-state index in [1.54, 1.807) is 0 Å². The number of guanidine groups is 1. The lowest BCUT2D eigenvalue weighted by atomic mass is 9.82. The summed E-state index contributed by atoms with van der Waals surface area (Å²) in [5, 5.41) is 6.01. The van der Waals surface area contributed by atoms with E-state index in [0.717, 1.165) is 19.3 Å². The van der Waals surface area contributed by atoms with Crippen molar-refractivity contribution in [1.82, 2.24) is 21.5 Å². The summed E-state index contributed by atoms with van der Waals surface area (Å²) >= 11 is 0. The number of carbonyl (C=O) groups is 1. The molecule has 0 aromatic carbocycles. The van der Waals surface area contributed by atoms with E-state index in [1.807, 2.05) is 20.8 Å². The smallest absolute Gasteiger partial charge is 0.229 e. The molecule has 172 valence electrons. The molecule has 6 nitrogen and oxygen atoms in total. The molecule has 3 rings (SSSR count). The summed E-state index contributed by atoms with van der Waals surface area (Å²) in [6.45, 7) is 5.87. The molecule has 0 radical (unpaired) electrons. The monoisotopic (exact) mass is 431 g/mol. The van der Waals surface area contributed by atoms with Crippen LogP contribution in [0.5, 0.6) is 0 Å². The number of rotatable bonds is 3. The van der Waals surface area contributed by atoms with Gasteiger partial charge in [0.1, 0.15) is 24.7 Å². The fourth-order valence-corrected chi connectivity index (χ4v) is 4.58. The molecule has 0 aromatic rings. The van der Waals surface area contributed by atoms with Crippen LogP contribution in [0.4, 0.5) is 13.2 Å². The maximum absolute atomic E-state index is 13.7. The first-order valence-electron chi connectivity index (χ1n) is 11.2. The van der Waals surface area contributed by atoms with Crippen molar-refractivity contribution in [2.24, 2.45) is 16.8 Å². The zero-order valence-corrected chi connectivity index (χ0v) is 18.2. The molecule has 5 unspecified atom stereocenters. The minimum Gasteiger partial charge on any atom is -0.351 e. The third kappa shape index (κ3) is 6.57. The highest BCUT2D eigenvalue weighted by molar-refractivity contribution is 5.98. The zero-order chi connectivity index (χ0) is 21.9. The molecule has 1 aliphatic heterocycles. The second kappa shape index (κ2) is 9.85. The molecule has 3 aliphatic rings. The Morgan fingerprint density at radius 1 is 0.933 bits per heavy atom. The average Bonchev–Trinajstić information content (AvgIpc) is 3.11. The van der Waals surface area contributed by atoms with Gasteiger partial charge in [-0.3, -0.25) is 15.5 Å². The van der Waals surface area contributed by atoms with Crippen LogP contribution in [0.3, 0.4) is 0 Å². The van der Waals surface area contributed by atoms with Gasteiger partial charge in [-0.15, -0.1) is 0 Å². The number of nitrogens with zero attached hydrogens (tertiary/aromatic N) is 1. The summed E-state index contributed by atoms with van der Waals surface area (Å²) in [7, 11) is 0. The molecule has 0 aromatic heterocycles. The largest absolute Gasteiger partial charge is 0.351 e. The Balaban J connectivity index is 1.60. The van der Waals surface area contributed by atoms with Crippen LogP contribution in [0.2, 0.25) is 0 Å². The Morgan fingerprint density at radius 2 is 1.63 bits per heavy atom. The summed E-state index contributed by atoms with van der Waals surface area (Å²) in [5.41, 5.74) is 6.10. The van der Waals surface area contributed by atoms with Gasteiger partial charge in [-0.25, -0.2) is 23.6 Å². The molecule has 0 spiro atoms.